The second-order valence-electron chi connectivity index (χ2n) is 7.15. The van der Waals surface area contributed by atoms with Crippen LogP contribution < -0.4 is 15.8 Å². The highest BCUT2D eigenvalue weighted by Gasteiger charge is 2.32. The van der Waals surface area contributed by atoms with Crippen LogP contribution >= 0.6 is 7.60 Å². The molecule has 1 amide bonds. The molecule has 2 rings (SSSR count). The van der Waals surface area contributed by atoms with Gasteiger partial charge in [0, 0.05) is 6.42 Å². The molecule has 0 saturated carbocycles. The average molecular weight is 420 g/mol. The number of nitrogens with one attached hydrogen (secondary N) is 1. The van der Waals surface area contributed by atoms with Gasteiger partial charge in [-0.1, -0.05) is 62.7 Å². The van der Waals surface area contributed by atoms with Crippen LogP contribution in [0.25, 0.3) is 0 Å². The van der Waals surface area contributed by atoms with Crippen molar-refractivity contribution in [1.29, 1.82) is 0 Å². The molecule has 0 unspecified atom stereocenters. The third-order valence-corrected chi connectivity index (χ3v) is 6.00. The lowest BCUT2D eigenvalue weighted by molar-refractivity contribution is -0.123. The SMILES string of the molecule is CC[C@H](C)[C@H](N)C(=O)N[C@@H](Cc1ccc(OCc2ccccc2)cc1)P(=O)(O)O. The summed E-state index contributed by atoms with van der Waals surface area (Å²) in [6.07, 6.45) is 0.682. The van der Waals surface area contributed by atoms with E-state index < -0.39 is 25.3 Å². The summed E-state index contributed by atoms with van der Waals surface area (Å²) >= 11 is 0. The van der Waals surface area contributed by atoms with E-state index >= 15 is 0 Å². The van der Waals surface area contributed by atoms with Crippen molar-refractivity contribution in [3.63, 3.8) is 0 Å². The molecule has 3 atom stereocenters. The van der Waals surface area contributed by atoms with E-state index in [-0.39, 0.29) is 12.3 Å². The maximum atomic E-state index is 12.3. The van der Waals surface area contributed by atoms with Gasteiger partial charge in [0.15, 0.2) is 0 Å². The number of hydrogen-bond acceptors (Lipinski definition) is 4. The van der Waals surface area contributed by atoms with Gasteiger partial charge in [-0.05, 0) is 29.2 Å². The van der Waals surface area contributed by atoms with Gasteiger partial charge in [-0.2, -0.15) is 0 Å². The number of carbonyl (C=O) groups excluding carboxylic acids is 1. The second-order valence-corrected chi connectivity index (χ2v) is 8.95. The molecule has 0 spiro atoms. The molecule has 8 heteroatoms. The molecule has 0 aliphatic heterocycles. The molecule has 0 fully saturated rings. The monoisotopic (exact) mass is 420 g/mol. The summed E-state index contributed by atoms with van der Waals surface area (Å²) in [5.74, 6) is -1.33. The highest BCUT2D eigenvalue weighted by atomic mass is 31.2. The zero-order valence-electron chi connectivity index (χ0n) is 16.7. The Labute approximate surface area is 171 Å². The molecule has 2 aromatic carbocycles. The van der Waals surface area contributed by atoms with Crippen molar-refractivity contribution < 1.29 is 23.9 Å². The number of hydrogen-bond donors (Lipinski definition) is 4. The standard InChI is InChI=1S/C21H29N2O5P/c1-3-15(2)20(22)21(24)23-19(29(25,26)27)13-16-9-11-18(12-10-16)28-14-17-7-5-4-6-8-17/h4-12,15,19-20H,3,13-14,22H2,1-2H3,(H,23,24)(H2,25,26,27)/t15-,19+,20-/m0/s1. The highest BCUT2D eigenvalue weighted by Crippen LogP contribution is 2.41. The first-order chi connectivity index (χ1) is 13.7. The molecule has 7 nitrogen and oxygen atoms in total. The zero-order chi connectivity index (χ0) is 21.4. The quantitative estimate of drug-likeness (QED) is 0.439. The first-order valence-corrected chi connectivity index (χ1v) is 11.3. The van der Waals surface area contributed by atoms with Crippen molar-refractivity contribution in [3.8, 4) is 5.75 Å². The Kier molecular flexibility index (Phi) is 8.41. The van der Waals surface area contributed by atoms with Gasteiger partial charge in [-0.25, -0.2) is 0 Å². The number of ether oxygens (including phenoxy) is 1. The summed E-state index contributed by atoms with van der Waals surface area (Å²) in [6, 6.07) is 15.8. The molecule has 5 N–H and O–H groups in total. The van der Waals surface area contributed by atoms with Gasteiger partial charge in [-0.3, -0.25) is 9.36 Å². The molecule has 0 aliphatic carbocycles. The third kappa shape index (κ3) is 7.29. The van der Waals surface area contributed by atoms with E-state index in [1.54, 1.807) is 24.3 Å². The fraction of sp³-hybridized carbons (Fsp3) is 0.381. The van der Waals surface area contributed by atoms with Crippen molar-refractivity contribution in [2.45, 2.75) is 45.1 Å². The fourth-order valence-corrected chi connectivity index (χ4v) is 3.46. The Bertz CT molecular complexity index is 823. The molecule has 0 heterocycles. The van der Waals surface area contributed by atoms with Gasteiger partial charge in [-0.15, -0.1) is 0 Å². The van der Waals surface area contributed by atoms with Crippen molar-refractivity contribution in [3.05, 3.63) is 65.7 Å². The number of rotatable bonds is 10. The fourth-order valence-electron chi connectivity index (χ4n) is 2.71. The lowest BCUT2D eigenvalue weighted by Gasteiger charge is -2.24. The minimum Gasteiger partial charge on any atom is -0.489 e. The van der Waals surface area contributed by atoms with Gasteiger partial charge in [0.05, 0.1) is 6.04 Å². The lowest BCUT2D eigenvalue weighted by Crippen LogP contribution is -2.48. The largest absolute Gasteiger partial charge is 0.489 e. The Morgan fingerprint density at radius 3 is 2.28 bits per heavy atom. The summed E-state index contributed by atoms with van der Waals surface area (Å²) in [4.78, 5) is 31.6. The third-order valence-electron chi connectivity index (χ3n) is 4.88. The van der Waals surface area contributed by atoms with E-state index in [4.69, 9.17) is 10.5 Å². The summed E-state index contributed by atoms with van der Waals surface area (Å²) in [7, 11) is -4.56. The van der Waals surface area contributed by atoms with Gasteiger partial charge in [0.2, 0.25) is 5.91 Å². The van der Waals surface area contributed by atoms with Gasteiger partial charge < -0.3 is 25.6 Å². The summed E-state index contributed by atoms with van der Waals surface area (Å²) < 4.78 is 17.6. The molecular formula is C21H29N2O5P. The first kappa shape index (κ1) is 23.1. The van der Waals surface area contributed by atoms with Gasteiger partial charge in [0.1, 0.15) is 18.1 Å². The Morgan fingerprint density at radius 1 is 1.10 bits per heavy atom. The van der Waals surface area contributed by atoms with Crippen LogP contribution in [0.2, 0.25) is 0 Å². The average Bonchev–Trinajstić information content (AvgIpc) is 2.71. The second kappa shape index (κ2) is 10.6. The van der Waals surface area contributed by atoms with E-state index in [1.807, 2.05) is 44.2 Å². The first-order valence-electron chi connectivity index (χ1n) is 9.57. The van der Waals surface area contributed by atoms with Crippen molar-refractivity contribution in [2.24, 2.45) is 11.7 Å². The molecule has 0 saturated heterocycles. The predicted octanol–water partition coefficient (Wildman–Crippen LogP) is 2.80. The Morgan fingerprint density at radius 2 is 1.72 bits per heavy atom. The van der Waals surface area contributed by atoms with Crippen molar-refractivity contribution >= 4 is 13.5 Å². The minimum atomic E-state index is -4.56. The van der Waals surface area contributed by atoms with Crippen LogP contribution in [-0.2, 0) is 22.4 Å². The summed E-state index contributed by atoms with van der Waals surface area (Å²) in [5, 5.41) is 2.42. The van der Waals surface area contributed by atoms with Crippen LogP contribution in [-0.4, -0.2) is 27.5 Å². The molecule has 0 bridgehead atoms. The van der Waals surface area contributed by atoms with Crippen LogP contribution in [0.5, 0.6) is 5.75 Å². The minimum absolute atomic E-state index is 0.0117. The topological polar surface area (TPSA) is 122 Å². The van der Waals surface area contributed by atoms with Crippen molar-refractivity contribution in [2.75, 3.05) is 0 Å². The molecule has 29 heavy (non-hydrogen) atoms. The van der Waals surface area contributed by atoms with Crippen LogP contribution in [0.3, 0.4) is 0 Å². The molecule has 0 radical (unpaired) electrons. The number of nitrogens with two attached hydrogens (primary N) is 1. The lowest BCUT2D eigenvalue weighted by atomic mass is 9.99. The van der Waals surface area contributed by atoms with Gasteiger partial charge >= 0.3 is 7.60 Å². The molecule has 2 aromatic rings. The highest BCUT2D eigenvalue weighted by molar-refractivity contribution is 7.52. The Balaban J connectivity index is 2.00. The summed E-state index contributed by atoms with van der Waals surface area (Å²) in [6.45, 7) is 4.15. The van der Waals surface area contributed by atoms with E-state index in [0.29, 0.717) is 24.3 Å². The van der Waals surface area contributed by atoms with E-state index in [2.05, 4.69) is 5.32 Å². The number of benzene rings is 2. The maximum Gasteiger partial charge on any atom is 0.347 e. The molecule has 158 valence electrons. The van der Waals surface area contributed by atoms with Crippen LogP contribution in [0, 0.1) is 5.92 Å². The molecule has 0 aromatic heterocycles. The van der Waals surface area contributed by atoms with Crippen LogP contribution in [0.1, 0.15) is 31.4 Å². The van der Waals surface area contributed by atoms with E-state index in [1.165, 1.54) is 0 Å². The normalized spacial score (nSPS) is 14.7. The number of carbonyl (C=O) groups is 1. The van der Waals surface area contributed by atoms with E-state index in [0.717, 1.165) is 5.56 Å². The van der Waals surface area contributed by atoms with Crippen LogP contribution in [0.15, 0.2) is 54.6 Å². The van der Waals surface area contributed by atoms with Crippen LogP contribution in [0.4, 0.5) is 0 Å². The Hall–Kier alpha value is -2.18. The summed E-state index contributed by atoms with van der Waals surface area (Å²) in [5.41, 5.74) is 7.59. The number of amides is 1. The maximum absolute atomic E-state index is 12.3. The van der Waals surface area contributed by atoms with E-state index in [9.17, 15) is 19.1 Å². The van der Waals surface area contributed by atoms with Crippen molar-refractivity contribution in [1.82, 2.24) is 5.32 Å². The van der Waals surface area contributed by atoms with Gasteiger partial charge in [0.25, 0.3) is 0 Å². The predicted molar refractivity (Wildman–Crippen MR) is 112 cm³/mol. The molecular weight excluding hydrogens is 391 g/mol. The zero-order valence-corrected chi connectivity index (χ0v) is 17.6. The molecule has 0 aliphatic rings. The smallest absolute Gasteiger partial charge is 0.347 e.